The van der Waals surface area contributed by atoms with Crippen molar-refractivity contribution in [2.45, 2.75) is 24.6 Å². The first-order chi connectivity index (χ1) is 12.2. The van der Waals surface area contributed by atoms with Gasteiger partial charge in [0.15, 0.2) is 0 Å². The highest BCUT2D eigenvalue weighted by atomic mass is 32.2. The van der Waals surface area contributed by atoms with E-state index < -0.39 is 0 Å². The molecule has 0 spiro atoms. The van der Waals surface area contributed by atoms with E-state index in [0.717, 1.165) is 17.7 Å². The molecule has 5 nitrogen and oxygen atoms in total. The van der Waals surface area contributed by atoms with Crippen molar-refractivity contribution in [3.63, 3.8) is 0 Å². The van der Waals surface area contributed by atoms with Crippen molar-refractivity contribution >= 4 is 23.4 Å². The number of thioether (sulfide) groups is 1. The van der Waals surface area contributed by atoms with Gasteiger partial charge in [0.2, 0.25) is 11.8 Å². The minimum atomic E-state index is 0.0573. The van der Waals surface area contributed by atoms with Crippen molar-refractivity contribution in [1.82, 2.24) is 10.2 Å². The Morgan fingerprint density at radius 3 is 2.76 bits per heavy atom. The molecule has 0 aliphatic carbocycles. The quantitative estimate of drug-likeness (QED) is 0.669. The predicted octanol–water partition coefficient (Wildman–Crippen LogP) is 3.81. The third-order valence-electron chi connectivity index (χ3n) is 4.22. The lowest BCUT2D eigenvalue weighted by Crippen LogP contribution is -2.36. The van der Waals surface area contributed by atoms with Crippen LogP contribution in [-0.4, -0.2) is 27.9 Å². The molecule has 1 aliphatic heterocycles. The van der Waals surface area contributed by atoms with E-state index in [4.69, 9.17) is 4.42 Å². The van der Waals surface area contributed by atoms with Crippen molar-refractivity contribution in [3.8, 4) is 11.5 Å². The summed E-state index contributed by atoms with van der Waals surface area (Å²) in [5.41, 5.74) is 3.10. The van der Waals surface area contributed by atoms with E-state index in [1.807, 2.05) is 53.4 Å². The normalized spacial score (nSPS) is 16.0. The zero-order valence-electron chi connectivity index (χ0n) is 13.8. The Hall–Kier alpha value is -2.60. The molecule has 4 rings (SSSR count). The summed E-state index contributed by atoms with van der Waals surface area (Å²) >= 11 is 1.28. The van der Waals surface area contributed by atoms with Gasteiger partial charge in [0, 0.05) is 17.3 Å². The summed E-state index contributed by atoms with van der Waals surface area (Å²) in [4.78, 5) is 14.6. The monoisotopic (exact) mass is 351 g/mol. The number of hydrogen-bond acceptors (Lipinski definition) is 5. The number of anilines is 1. The van der Waals surface area contributed by atoms with Crippen molar-refractivity contribution < 1.29 is 9.21 Å². The fourth-order valence-electron chi connectivity index (χ4n) is 3.10. The second kappa shape index (κ2) is 6.72. The highest BCUT2D eigenvalue weighted by molar-refractivity contribution is 7.99. The summed E-state index contributed by atoms with van der Waals surface area (Å²) < 4.78 is 5.65. The largest absolute Gasteiger partial charge is 0.411 e. The molecule has 1 amide bonds. The van der Waals surface area contributed by atoms with Gasteiger partial charge in [-0.1, -0.05) is 48.2 Å². The van der Waals surface area contributed by atoms with Crippen LogP contribution in [0.2, 0.25) is 0 Å². The van der Waals surface area contributed by atoms with Crippen LogP contribution in [0.25, 0.3) is 11.5 Å². The van der Waals surface area contributed by atoms with Gasteiger partial charge in [-0.3, -0.25) is 4.79 Å². The summed E-state index contributed by atoms with van der Waals surface area (Å²) in [5.74, 6) is 0.798. The first-order valence-electron chi connectivity index (χ1n) is 8.14. The molecule has 2 heterocycles. The number of hydrogen-bond donors (Lipinski definition) is 0. The van der Waals surface area contributed by atoms with Crippen LogP contribution >= 0.6 is 11.8 Å². The van der Waals surface area contributed by atoms with E-state index in [0.29, 0.717) is 11.1 Å². The van der Waals surface area contributed by atoms with E-state index in [9.17, 15) is 4.79 Å². The number of amides is 1. The zero-order chi connectivity index (χ0) is 17.2. The second-order valence-electron chi connectivity index (χ2n) is 5.97. The number of benzene rings is 2. The number of fused-ring (bicyclic) bond motifs is 1. The fraction of sp³-hybridized carbons (Fsp3) is 0.211. The van der Waals surface area contributed by atoms with Gasteiger partial charge in [0.25, 0.3) is 5.22 Å². The molecule has 1 aromatic heterocycles. The maximum atomic E-state index is 12.7. The van der Waals surface area contributed by atoms with Crippen LogP contribution in [0.1, 0.15) is 12.5 Å². The average Bonchev–Trinajstić information content (AvgIpc) is 3.24. The molecule has 0 bridgehead atoms. The third kappa shape index (κ3) is 3.17. The van der Waals surface area contributed by atoms with Gasteiger partial charge in [-0.05, 0) is 37.1 Å². The van der Waals surface area contributed by atoms with Crippen molar-refractivity contribution in [2.24, 2.45) is 0 Å². The predicted molar refractivity (Wildman–Crippen MR) is 97.6 cm³/mol. The first kappa shape index (κ1) is 15.9. The summed E-state index contributed by atoms with van der Waals surface area (Å²) in [5, 5.41) is 8.49. The molecule has 0 radical (unpaired) electrons. The summed E-state index contributed by atoms with van der Waals surface area (Å²) in [6, 6.07) is 17.8. The van der Waals surface area contributed by atoms with Gasteiger partial charge in [-0.25, -0.2) is 0 Å². The van der Waals surface area contributed by atoms with Crippen molar-refractivity contribution in [1.29, 1.82) is 0 Å². The Morgan fingerprint density at radius 1 is 1.16 bits per heavy atom. The van der Waals surface area contributed by atoms with Crippen LogP contribution in [0.3, 0.4) is 0 Å². The molecule has 0 saturated carbocycles. The molecule has 25 heavy (non-hydrogen) atoms. The number of carbonyl (C=O) groups is 1. The molecule has 3 aromatic rings. The van der Waals surface area contributed by atoms with Crippen LogP contribution in [0.15, 0.2) is 64.2 Å². The molecule has 0 N–H and O–H groups in total. The van der Waals surface area contributed by atoms with Crippen LogP contribution in [0.5, 0.6) is 0 Å². The lowest BCUT2D eigenvalue weighted by atomic mass is 10.1. The minimum absolute atomic E-state index is 0.0573. The Kier molecular flexibility index (Phi) is 4.28. The van der Waals surface area contributed by atoms with E-state index in [-0.39, 0.29) is 17.7 Å². The molecule has 6 heteroatoms. The van der Waals surface area contributed by atoms with Gasteiger partial charge in [0.1, 0.15) is 0 Å². The van der Waals surface area contributed by atoms with Gasteiger partial charge < -0.3 is 9.32 Å². The average molecular weight is 351 g/mol. The molecule has 0 saturated heterocycles. The van der Waals surface area contributed by atoms with Crippen molar-refractivity contribution in [3.05, 3.63) is 60.2 Å². The number of nitrogens with zero attached hydrogens (tertiary/aromatic N) is 3. The summed E-state index contributed by atoms with van der Waals surface area (Å²) in [6.07, 6.45) is 0.894. The second-order valence-corrected chi connectivity index (χ2v) is 6.90. The van der Waals surface area contributed by atoms with E-state index in [1.54, 1.807) is 0 Å². The van der Waals surface area contributed by atoms with Gasteiger partial charge >= 0.3 is 0 Å². The van der Waals surface area contributed by atoms with E-state index in [2.05, 4.69) is 23.2 Å². The number of rotatable bonds is 4. The molecular weight excluding hydrogens is 334 g/mol. The standard InChI is InChI=1S/C19H17N3O2S/c1-13-11-15-9-5-6-10-16(15)22(13)17(23)12-25-19-21-20-18(24-19)14-7-3-2-4-8-14/h2-10,13H,11-12H2,1H3. The Bertz CT molecular complexity index is 894. The van der Waals surface area contributed by atoms with E-state index in [1.165, 1.54) is 17.3 Å². The highest BCUT2D eigenvalue weighted by Gasteiger charge is 2.30. The fourth-order valence-corrected chi connectivity index (χ4v) is 3.73. The maximum absolute atomic E-state index is 12.7. The molecule has 1 atom stereocenters. The Labute approximate surface area is 150 Å². The molecule has 0 fully saturated rings. The van der Waals surface area contributed by atoms with Crippen LogP contribution in [0, 0.1) is 0 Å². The van der Waals surface area contributed by atoms with Gasteiger partial charge in [-0.15, -0.1) is 10.2 Å². The Balaban J connectivity index is 1.44. The summed E-state index contributed by atoms with van der Waals surface area (Å²) in [6.45, 7) is 2.07. The number of aromatic nitrogens is 2. The minimum Gasteiger partial charge on any atom is -0.411 e. The summed E-state index contributed by atoms with van der Waals surface area (Å²) in [7, 11) is 0. The molecule has 1 unspecified atom stereocenters. The third-order valence-corrected chi connectivity index (χ3v) is 5.03. The van der Waals surface area contributed by atoms with Crippen LogP contribution < -0.4 is 4.90 Å². The lowest BCUT2D eigenvalue weighted by molar-refractivity contribution is -0.116. The Morgan fingerprint density at radius 2 is 1.92 bits per heavy atom. The van der Waals surface area contributed by atoms with Crippen LogP contribution in [-0.2, 0) is 11.2 Å². The number of carbonyl (C=O) groups excluding carboxylic acids is 1. The smallest absolute Gasteiger partial charge is 0.277 e. The van der Waals surface area contributed by atoms with E-state index >= 15 is 0 Å². The zero-order valence-corrected chi connectivity index (χ0v) is 14.6. The highest BCUT2D eigenvalue weighted by Crippen LogP contribution is 2.33. The molecular formula is C19H17N3O2S. The van der Waals surface area contributed by atoms with Gasteiger partial charge in [-0.2, -0.15) is 0 Å². The number of para-hydroxylation sites is 1. The lowest BCUT2D eigenvalue weighted by Gasteiger charge is -2.22. The molecule has 2 aromatic carbocycles. The SMILES string of the molecule is CC1Cc2ccccc2N1C(=O)CSc1nnc(-c2ccccc2)o1. The van der Waals surface area contributed by atoms with Gasteiger partial charge in [0.05, 0.1) is 5.75 Å². The molecule has 126 valence electrons. The molecule has 1 aliphatic rings. The topological polar surface area (TPSA) is 59.2 Å². The van der Waals surface area contributed by atoms with Crippen LogP contribution in [0.4, 0.5) is 5.69 Å². The maximum Gasteiger partial charge on any atom is 0.277 e. The van der Waals surface area contributed by atoms with Crippen molar-refractivity contribution in [2.75, 3.05) is 10.7 Å². The first-order valence-corrected chi connectivity index (χ1v) is 9.12.